The smallest absolute Gasteiger partial charge is 0.113 e. The first-order valence-corrected chi connectivity index (χ1v) is 6.16. The van der Waals surface area contributed by atoms with Crippen molar-refractivity contribution in [1.82, 2.24) is 9.97 Å². The lowest BCUT2D eigenvalue weighted by Crippen LogP contribution is -2.13. The summed E-state index contributed by atoms with van der Waals surface area (Å²) in [5.41, 5.74) is 1.40. The maximum absolute atomic E-state index is 9.12. The first-order chi connectivity index (χ1) is 8.04. The maximum Gasteiger partial charge on any atom is 0.113 e. The minimum absolute atomic E-state index is 0.532. The topological polar surface area (TPSA) is 49.6 Å². The Morgan fingerprint density at radius 3 is 2.76 bits per heavy atom. The predicted molar refractivity (Wildman–Crippen MR) is 68.7 cm³/mol. The van der Waals surface area contributed by atoms with Gasteiger partial charge in [-0.25, -0.2) is 4.98 Å². The number of rotatable bonds is 2. The van der Waals surface area contributed by atoms with Gasteiger partial charge in [-0.1, -0.05) is 0 Å². The van der Waals surface area contributed by atoms with Gasteiger partial charge in [-0.2, -0.15) is 5.26 Å². The summed E-state index contributed by atoms with van der Waals surface area (Å²) in [5.74, 6) is 0. The molecule has 17 heavy (non-hydrogen) atoms. The summed E-state index contributed by atoms with van der Waals surface area (Å²) in [6.07, 6.45) is 3.54. The third kappa shape index (κ3) is 2.20. The van der Waals surface area contributed by atoms with Crippen molar-refractivity contribution in [1.29, 1.82) is 5.26 Å². The van der Waals surface area contributed by atoms with Gasteiger partial charge in [-0.15, -0.1) is 11.3 Å². The molecule has 0 saturated heterocycles. The molecule has 0 atom stereocenters. The minimum atomic E-state index is -0.532. The average molecular weight is 243 g/mol. The summed E-state index contributed by atoms with van der Waals surface area (Å²) < 4.78 is 0. The quantitative estimate of drug-likeness (QED) is 0.813. The zero-order valence-corrected chi connectivity index (χ0v) is 10.9. The van der Waals surface area contributed by atoms with Crippen molar-refractivity contribution in [3.8, 4) is 17.3 Å². The monoisotopic (exact) mass is 243 g/mol. The van der Waals surface area contributed by atoms with E-state index in [1.165, 1.54) is 0 Å². The Hall–Kier alpha value is -1.73. The van der Waals surface area contributed by atoms with Crippen LogP contribution in [0, 0.1) is 18.3 Å². The van der Waals surface area contributed by atoms with Gasteiger partial charge in [0.1, 0.15) is 10.4 Å². The van der Waals surface area contributed by atoms with E-state index in [9.17, 15) is 0 Å². The van der Waals surface area contributed by atoms with Gasteiger partial charge in [0.25, 0.3) is 0 Å². The van der Waals surface area contributed by atoms with Gasteiger partial charge in [-0.3, -0.25) is 4.98 Å². The van der Waals surface area contributed by atoms with Crippen LogP contribution >= 0.6 is 11.3 Å². The second kappa shape index (κ2) is 4.27. The average Bonchev–Trinajstić information content (AvgIpc) is 2.73. The van der Waals surface area contributed by atoms with Gasteiger partial charge in [-0.05, 0) is 32.9 Å². The van der Waals surface area contributed by atoms with Crippen LogP contribution in [0.1, 0.15) is 23.7 Å². The highest BCUT2D eigenvalue weighted by molar-refractivity contribution is 7.12. The first-order valence-electron chi connectivity index (χ1n) is 5.34. The fraction of sp³-hybridized carbons (Fsp3) is 0.308. The molecule has 2 aromatic heterocycles. The van der Waals surface area contributed by atoms with Gasteiger partial charge >= 0.3 is 0 Å². The summed E-state index contributed by atoms with van der Waals surface area (Å²) in [7, 11) is 0. The van der Waals surface area contributed by atoms with Crippen molar-refractivity contribution in [2.75, 3.05) is 0 Å². The van der Waals surface area contributed by atoms with Gasteiger partial charge in [0.15, 0.2) is 0 Å². The van der Waals surface area contributed by atoms with Crippen LogP contribution in [0.25, 0.3) is 11.3 Å². The molecule has 0 aliphatic carbocycles. The van der Waals surface area contributed by atoms with Crippen LogP contribution < -0.4 is 0 Å². The van der Waals surface area contributed by atoms with E-state index in [0.29, 0.717) is 0 Å². The molecule has 0 amide bonds. The van der Waals surface area contributed by atoms with Crippen LogP contribution in [0.15, 0.2) is 24.5 Å². The Kier molecular flexibility index (Phi) is 2.95. The zero-order chi connectivity index (χ0) is 12.5. The van der Waals surface area contributed by atoms with Crippen LogP contribution in [0.3, 0.4) is 0 Å². The van der Waals surface area contributed by atoms with Crippen LogP contribution in [0.2, 0.25) is 0 Å². The Balaban J connectivity index is 2.50. The third-order valence-electron chi connectivity index (χ3n) is 2.55. The summed E-state index contributed by atoms with van der Waals surface area (Å²) in [4.78, 5) is 9.79. The molecule has 3 nitrogen and oxygen atoms in total. The number of nitriles is 1. The van der Waals surface area contributed by atoms with E-state index >= 15 is 0 Å². The Morgan fingerprint density at radius 2 is 2.18 bits per heavy atom. The molecule has 0 spiro atoms. The third-order valence-corrected chi connectivity index (χ3v) is 3.84. The lowest BCUT2D eigenvalue weighted by molar-refractivity contribution is 0.680. The highest BCUT2D eigenvalue weighted by Gasteiger charge is 2.25. The highest BCUT2D eigenvalue weighted by atomic mass is 32.1. The fourth-order valence-electron chi connectivity index (χ4n) is 1.48. The van der Waals surface area contributed by atoms with E-state index in [2.05, 4.69) is 16.0 Å². The van der Waals surface area contributed by atoms with Crippen LogP contribution in [0.5, 0.6) is 0 Å². The first kappa shape index (κ1) is 11.7. The highest BCUT2D eigenvalue weighted by Crippen LogP contribution is 2.33. The van der Waals surface area contributed by atoms with Gasteiger partial charge in [0.05, 0.1) is 11.8 Å². The van der Waals surface area contributed by atoms with Crippen molar-refractivity contribution in [2.45, 2.75) is 26.2 Å². The van der Waals surface area contributed by atoms with Crippen molar-refractivity contribution >= 4 is 11.3 Å². The van der Waals surface area contributed by atoms with Crippen molar-refractivity contribution in [3.05, 3.63) is 34.4 Å². The predicted octanol–water partition coefficient (Wildman–Crippen LogP) is 3.31. The number of nitrogens with zero attached hydrogens (tertiary/aromatic N) is 3. The fourth-order valence-corrected chi connectivity index (χ4v) is 2.47. The molecule has 0 fully saturated rings. The van der Waals surface area contributed by atoms with Crippen molar-refractivity contribution in [3.63, 3.8) is 0 Å². The van der Waals surface area contributed by atoms with Crippen LogP contribution in [-0.4, -0.2) is 9.97 Å². The molecule has 4 heteroatoms. The number of pyridine rings is 1. The minimum Gasteiger partial charge on any atom is -0.264 e. The zero-order valence-electron chi connectivity index (χ0n) is 10.1. The molecule has 0 aliphatic rings. The number of thiazole rings is 1. The van der Waals surface area contributed by atoms with Crippen LogP contribution in [0.4, 0.5) is 0 Å². The summed E-state index contributed by atoms with van der Waals surface area (Å²) in [5, 5.41) is 9.98. The molecule has 0 radical (unpaired) electrons. The molecule has 0 bridgehead atoms. The molecule has 0 aromatic carbocycles. The molecule has 86 valence electrons. The lowest BCUT2D eigenvalue weighted by Gasteiger charge is -2.09. The van der Waals surface area contributed by atoms with E-state index in [4.69, 9.17) is 5.26 Å². The van der Waals surface area contributed by atoms with E-state index < -0.39 is 5.41 Å². The molecule has 2 rings (SSSR count). The number of hydrogen-bond acceptors (Lipinski definition) is 4. The van der Waals surface area contributed by atoms with E-state index in [1.54, 1.807) is 23.7 Å². The standard InChI is InChI=1S/C13H13N3S/c1-9-11(10-5-4-6-15-7-10)16-12(17-9)13(2,3)8-14/h4-7H,1-3H3. The van der Waals surface area contributed by atoms with E-state index in [1.807, 2.05) is 32.9 Å². The number of hydrogen-bond donors (Lipinski definition) is 0. The second-order valence-electron chi connectivity index (χ2n) is 4.40. The number of aryl methyl sites for hydroxylation is 1. The molecule has 2 heterocycles. The molecular formula is C13H13N3S. The van der Waals surface area contributed by atoms with Crippen LogP contribution in [-0.2, 0) is 5.41 Å². The molecule has 2 aromatic rings. The normalized spacial score (nSPS) is 11.2. The summed E-state index contributed by atoms with van der Waals surface area (Å²) in [6, 6.07) is 6.16. The second-order valence-corrected chi connectivity index (χ2v) is 5.61. The Labute approximate surface area is 105 Å². The molecular weight excluding hydrogens is 230 g/mol. The van der Waals surface area contributed by atoms with Gasteiger partial charge < -0.3 is 0 Å². The van der Waals surface area contributed by atoms with E-state index in [-0.39, 0.29) is 0 Å². The number of aromatic nitrogens is 2. The maximum atomic E-state index is 9.12. The Morgan fingerprint density at radius 1 is 1.41 bits per heavy atom. The van der Waals surface area contributed by atoms with E-state index in [0.717, 1.165) is 21.1 Å². The lowest BCUT2D eigenvalue weighted by atomic mass is 9.97. The molecule has 0 unspecified atom stereocenters. The van der Waals surface area contributed by atoms with Gasteiger partial charge in [0.2, 0.25) is 0 Å². The molecule has 0 saturated carbocycles. The molecule has 0 N–H and O–H groups in total. The summed E-state index contributed by atoms with van der Waals surface area (Å²) >= 11 is 1.58. The van der Waals surface area contributed by atoms with Crippen molar-refractivity contribution < 1.29 is 0 Å². The molecule has 0 aliphatic heterocycles. The Bertz CT molecular complexity index is 564. The summed E-state index contributed by atoms with van der Waals surface area (Å²) in [6.45, 7) is 5.80. The largest absolute Gasteiger partial charge is 0.264 e. The van der Waals surface area contributed by atoms with Gasteiger partial charge in [0, 0.05) is 22.8 Å². The van der Waals surface area contributed by atoms with Crippen molar-refractivity contribution in [2.24, 2.45) is 0 Å². The SMILES string of the molecule is Cc1sc(C(C)(C)C#N)nc1-c1cccnc1.